The van der Waals surface area contributed by atoms with E-state index in [-0.39, 0.29) is 5.69 Å². The van der Waals surface area contributed by atoms with Gasteiger partial charge in [-0.15, -0.1) is 0 Å². The number of hydrogen-bond donors (Lipinski definition) is 0. The van der Waals surface area contributed by atoms with Crippen molar-refractivity contribution in [3.05, 3.63) is 63.8 Å². The van der Waals surface area contributed by atoms with Gasteiger partial charge in [-0.3, -0.25) is 0 Å². The van der Waals surface area contributed by atoms with Crippen molar-refractivity contribution in [3.8, 4) is 28.4 Å². The Morgan fingerprint density at radius 3 is 1.56 bits per heavy atom. The summed E-state index contributed by atoms with van der Waals surface area (Å²) >= 11 is 0. The third-order valence-corrected chi connectivity index (χ3v) is 6.59. The molecular weight excluding hydrogens is 441 g/mol. The number of aryl methyl sites for hydroxylation is 4. The van der Waals surface area contributed by atoms with E-state index in [9.17, 15) is 21.6 Å². The van der Waals surface area contributed by atoms with Gasteiger partial charge in [0.15, 0.2) is 0 Å². The maximum absolute atomic E-state index is 12.8. The Bertz CT molecular complexity index is 1270. The molecule has 0 aliphatic carbocycles. The van der Waals surface area contributed by atoms with Crippen molar-refractivity contribution in [1.29, 1.82) is 0 Å². The summed E-state index contributed by atoms with van der Waals surface area (Å²) in [6, 6.07) is 7.51. The normalized spacial score (nSPS) is 12.2. The van der Waals surface area contributed by atoms with Crippen LogP contribution in [0.1, 0.15) is 33.4 Å². The zero-order valence-corrected chi connectivity index (χ0v) is 19.4. The minimum atomic E-state index is -5.87. The van der Waals surface area contributed by atoms with Crippen molar-refractivity contribution in [2.45, 2.75) is 47.1 Å². The van der Waals surface area contributed by atoms with Crippen LogP contribution in [0.2, 0.25) is 0 Å². The van der Waals surface area contributed by atoms with Crippen molar-refractivity contribution in [3.63, 3.8) is 0 Å². The van der Waals surface area contributed by atoms with Gasteiger partial charge < -0.3 is 4.18 Å². The summed E-state index contributed by atoms with van der Waals surface area (Å²) in [6.45, 7) is 11.7. The van der Waals surface area contributed by atoms with Gasteiger partial charge in [-0.1, -0.05) is 0 Å². The Hall–Kier alpha value is -2.94. The number of hydrogen-bond acceptors (Lipinski definition) is 5. The van der Waals surface area contributed by atoms with Gasteiger partial charge in [-0.25, -0.2) is 9.97 Å². The van der Waals surface area contributed by atoms with Gasteiger partial charge in [-0.05, 0) is 99.2 Å². The quantitative estimate of drug-likeness (QED) is 0.356. The largest absolute Gasteiger partial charge is 0.534 e. The zero-order valence-electron chi connectivity index (χ0n) is 18.5. The summed E-state index contributed by atoms with van der Waals surface area (Å²) in [6.07, 6.45) is 0.889. The average molecular weight is 465 g/mol. The van der Waals surface area contributed by atoms with Crippen molar-refractivity contribution in [2.24, 2.45) is 0 Å². The van der Waals surface area contributed by atoms with Crippen LogP contribution in [0, 0.1) is 41.5 Å². The first-order valence-electron chi connectivity index (χ1n) is 9.75. The van der Waals surface area contributed by atoms with E-state index < -0.39 is 21.5 Å². The first-order chi connectivity index (χ1) is 14.7. The Morgan fingerprint density at radius 1 is 0.750 bits per heavy atom. The maximum Gasteiger partial charge on any atom is 0.534 e. The molecular formula is C23H23F3N2O3S. The standard InChI is InChI=1S/C23H23F3N2O3S/c1-12-7-18(8-13(2)16(12)5)21-22(19-9-14(3)17(6)15(4)10-19)28-20(11-27-21)31-32(29,30)23(24,25)26/h7-11H,1-6H3. The molecule has 0 atom stereocenters. The number of aromatic nitrogens is 2. The molecule has 0 bridgehead atoms. The average Bonchev–Trinajstić information content (AvgIpc) is 2.68. The number of nitrogens with zero attached hydrogens (tertiary/aromatic N) is 2. The minimum absolute atomic E-state index is 0.230. The van der Waals surface area contributed by atoms with Crippen LogP contribution in [0.5, 0.6) is 5.88 Å². The summed E-state index contributed by atoms with van der Waals surface area (Å²) < 4.78 is 65.6. The van der Waals surface area contributed by atoms with Gasteiger partial charge in [0.2, 0.25) is 0 Å². The minimum Gasteiger partial charge on any atom is -0.354 e. The summed E-state index contributed by atoms with van der Waals surface area (Å²) in [5, 5.41) is 0. The number of rotatable bonds is 4. The van der Waals surface area contributed by atoms with Crippen LogP contribution in [0.25, 0.3) is 22.5 Å². The molecule has 3 aromatic rings. The smallest absolute Gasteiger partial charge is 0.354 e. The molecule has 170 valence electrons. The fourth-order valence-corrected chi connectivity index (χ4v) is 3.73. The summed E-state index contributed by atoms with van der Waals surface area (Å²) in [5.41, 5.74) is 2.51. The number of halogens is 3. The molecule has 0 N–H and O–H groups in total. The SMILES string of the molecule is Cc1cc(-c2ncc(OS(=O)(=O)C(F)(F)F)nc2-c2cc(C)c(C)c(C)c2)cc(C)c1C. The van der Waals surface area contributed by atoms with E-state index in [1.165, 1.54) is 0 Å². The second-order valence-corrected chi connectivity index (χ2v) is 9.40. The summed E-state index contributed by atoms with van der Waals surface area (Å²) in [4.78, 5) is 8.41. The highest BCUT2D eigenvalue weighted by molar-refractivity contribution is 7.87. The molecule has 0 radical (unpaired) electrons. The van der Waals surface area contributed by atoms with E-state index in [0.29, 0.717) is 16.8 Å². The van der Waals surface area contributed by atoms with Gasteiger partial charge in [0, 0.05) is 11.1 Å². The second-order valence-electron chi connectivity index (χ2n) is 7.86. The maximum atomic E-state index is 12.8. The molecule has 1 aromatic heterocycles. The van der Waals surface area contributed by atoms with Crippen LogP contribution in [0.3, 0.4) is 0 Å². The lowest BCUT2D eigenvalue weighted by atomic mass is 9.94. The van der Waals surface area contributed by atoms with Crippen molar-refractivity contribution in [2.75, 3.05) is 0 Å². The molecule has 2 aromatic carbocycles. The third kappa shape index (κ3) is 4.48. The van der Waals surface area contributed by atoms with Crippen LogP contribution in [-0.4, -0.2) is 23.9 Å². The lowest BCUT2D eigenvalue weighted by Crippen LogP contribution is -2.28. The number of alkyl halides is 3. The van der Waals surface area contributed by atoms with E-state index in [4.69, 9.17) is 0 Å². The van der Waals surface area contributed by atoms with Crippen molar-refractivity contribution >= 4 is 10.1 Å². The van der Waals surface area contributed by atoms with Gasteiger partial charge in [0.1, 0.15) is 5.69 Å². The zero-order chi connectivity index (χ0) is 24.0. The molecule has 5 nitrogen and oxygen atoms in total. The lowest BCUT2D eigenvalue weighted by Gasteiger charge is -2.15. The predicted molar refractivity (Wildman–Crippen MR) is 117 cm³/mol. The van der Waals surface area contributed by atoms with Crippen LogP contribution in [0.15, 0.2) is 30.5 Å². The number of benzene rings is 2. The molecule has 0 amide bonds. The highest BCUT2D eigenvalue weighted by atomic mass is 32.2. The molecule has 0 saturated carbocycles. The molecule has 9 heteroatoms. The first-order valence-corrected chi connectivity index (χ1v) is 11.2. The highest BCUT2D eigenvalue weighted by Crippen LogP contribution is 2.35. The fourth-order valence-electron chi connectivity index (χ4n) is 3.33. The van der Waals surface area contributed by atoms with Gasteiger partial charge in [0.25, 0.3) is 5.88 Å². The lowest BCUT2D eigenvalue weighted by molar-refractivity contribution is -0.0501. The molecule has 3 rings (SSSR count). The van der Waals surface area contributed by atoms with Crippen LogP contribution >= 0.6 is 0 Å². The molecule has 0 unspecified atom stereocenters. The van der Waals surface area contributed by atoms with Gasteiger partial charge >= 0.3 is 15.6 Å². The van der Waals surface area contributed by atoms with Crippen LogP contribution < -0.4 is 4.18 Å². The Kier molecular flexibility index (Phi) is 6.08. The Morgan fingerprint density at radius 2 is 1.16 bits per heavy atom. The van der Waals surface area contributed by atoms with E-state index in [1.807, 2.05) is 65.8 Å². The molecule has 0 spiro atoms. The third-order valence-electron chi connectivity index (χ3n) is 5.63. The molecule has 1 heterocycles. The van der Waals surface area contributed by atoms with E-state index in [1.54, 1.807) is 0 Å². The van der Waals surface area contributed by atoms with Gasteiger partial charge in [-0.2, -0.15) is 21.6 Å². The topological polar surface area (TPSA) is 69.2 Å². The van der Waals surface area contributed by atoms with E-state index in [2.05, 4.69) is 14.2 Å². The van der Waals surface area contributed by atoms with E-state index >= 15 is 0 Å². The predicted octanol–water partition coefficient (Wildman–Crippen LogP) is 5.89. The molecule has 0 aliphatic rings. The van der Waals surface area contributed by atoms with Crippen molar-refractivity contribution in [1.82, 2.24) is 9.97 Å². The molecule has 0 fully saturated rings. The molecule has 0 aliphatic heterocycles. The van der Waals surface area contributed by atoms with E-state index in [0.717, 1.165) is 39.6 Å². The van der Waals surface area contributed by atoms with Crippen LogP contribution in [0.4, 0.5) is 13.2 Å². The molecule has 32 heavy (non-hydrogen) atoms. The first kappa shape index (κ1) is 23.7. The van der Waals surface area contributed by atoms with Crippen molar-refractivity contribution < 1.29 is 25.8 Å². The van der Waals surface area contributed by atoms with Crippen LogP contribution in [-0.2, 0) is 10.1 Å². The summed E-state index contributed by atoms with van der Waals surface area (Å²) in [7, 11) is -5.87. The fraction of sp³-hybridized carbons (Fsp3) is 0.304. The second kappa shape index (κ2) is 8.20. The Balaban J connectivity index is 2.27. The Labute approximate surface area is 185 Å². The highest BCUT2D eigenvalue weighted by Gasteiger charge is 2.49. The molecule has 0 saturated heterocycles. The van der Waals surface area contributed by atoms with Gasteiger partial charge in [0.05, 0.1) is 11.9 Å². The monoisotopic (exact) mass is 464 g/mol. The summed E-state index contributed by atoms with van der Waals surface area (Å²) in [5.74, 6) is -0.752.